The summed E-state index contributed by atoms with van der Waals surface area (Å²) in [4.78, 5) is 29.8. The molecule has 0 aliphatic carbocycles. The van der Waals surface area contributed by atoms with Crippen LogP contribution in [0.1, 0.15) is 24.3 Å². The molecule has 6 nitrogen and oxygen atoms in total. The summed E-state index contributed by atoms with van der Waals surface area (Å²) in [6.45, 7) is 3.06. The van der Waals surface area contributed by atoms with Gasteiger partial charge in [0.25, 0.3) is 0 Å². The van der Waals surface area contributed by atoms with E-state index in [1.807, 2.05) is 31.2 Å². The predicted molar refractivity (Wildman–Crippen MR) is 91.7 cm³/mol. The van der Waals surface area contributed by atoms with Crippen LogP contribution in [0.3, 0.4) is 0 Å². The van der Waals surface area contributed by atoms with Crippen molar-refractivity contribution in [2.24, 2.45) is 5.92 Å². The Bertz CT molecular complexity index is 751. The van der Waals surface area contributed by atoms with Crippen LogP contribution in [0, 0.1) is 12.8 Å². The molecule has 25 heavy (non-hydrogen) atoms. The minimum absolute atomic E-state index is 0.0153. The number of benzene rings is 1. The number of nitrogens with zero attached hydrogens (tertiary/aromatic N) is 2. The van der Waals surface area contributed by atoms with Crippen LogP contribution in [0.2, 0.25) is 0 Å². The van der Waals surface area contributed by atoms with Gasteiger partial charge in [-0.3, -0.25) is 9.59 Å². The third-order valence-electron chi connectivity index (χ3n) is 4.52. The van der Waals surface area contributed by atoms with Gasteiger partial charge in [-0.25, -0.2) is 4.98 Å². The van der Waals surface area contributed by atoms with Gasteiger partial charge in [0.1, 0.15) is 0 Å². The van der Waals surface area contributed by atoms with Crippen molar-refractivity contribution in [2.75, 3.05) is 20.2 Å². The molecule has 1 aromatic heterocycles. The Morgan fingerprint density at radius 3 is 2.80 bits per heavy atom. The van der Waals surface area contributed by atoms with Gasteiger partial charge in [-0.15, -0.1) is 0 Å². The molecule has 1 aliphatic heterocycles. The van der Waals surface area contributed by atoms with E-state index in [9.17, 15) is 9.59 Å². The first kappa shape index (κ1) is 17.2. The number of amides is 1. The fourth-order valence-corrected chi connectivity index (χ4v) is 2.99. The lowest BCUT2D eigenvalue weighted by Gasteiger charge is -2.15. The first-order valence-electron chi connectivity index (χ1n) is 8.44. The molecule has 1 atom stereocenters. The van der Waals surface area contributed by atoms with Crippen molar-refractivity contribution in [3.05, 3.63) is 41.9 Å². The minimum atomic E-state index is -0.245. The van der Waals surface area contributed by atoms with Crippen LogP contribution in [0.5, 0.6) is 0 Å². The van der Waals surface area contributed by atoms with Crippen molar-refractivity contribution in [3.8, 4) is 11.3 Å². The average Bonchev–Trinajstić information content (AvgIpc) is 3.29. The summed E-state index contributed by atoms with van der Waals surface area (Å²) < 4.78 is 10.5. The van der Waals surface area contributed by atoms with Gasteiger partial charge in [0.05, 0.1) is 19.2 Å². The number of esters is 1. The topological polar surface area (TPSA) is 72.6 Å². The normalized spacial score (nSPS) is 16.9. The molecular formula is C19H22N2O4. The summed E-state index contributed by atoms with van der Waals surface area (Å²) in [5, 5.41) is 0. The van der Waals surface area contributed by atoms with Gasteiger partial charge in [-0.05, 0) is 13.3 Å². The highest BCUT2D eigenvalue weighted by Crippen LogP contribution is 2.22. The first-order valence-corrected chi connectivity index (χ1v) is 8.44. The zero-order valence-electron chi connectivity index (χ0n) is 14.5. The van der Waals surface area contributed by atoms with Crippen molar-refractivity contribution in [3.63, 3.8) is 0 Å². The maximum Gasteiger partial charge on any atom is 0.310 e. The molecule has 0 bridgehead atoms. The molecule has 0 N–H and O–H groups in total. The predicted octanol–water partition coefficient (Wildman–Crippen LogP) is 2.60. The van der Waals surface area contributed by atoms with Crippen molar-refractivity contribution in [1.29, 1.82) is 0 Å². The molecule has 2 heterocycles. The van der Waals surface area contributed by atoms with E-state index in [1.165, 1.54) is 12.7 Å². The Balaban J connectivity index is 1.53. The maximum absolute atomic E-state index is 12.3. The number of methoxy groups -OCH3 is 1. The number of carbonyl (C=O) groups is 2. The number of aromatic nitrogens is 1. The van der Waals surface area contributed by atoms with Crippen LogP contribution < -0.4 is 0 Å². The van der Waals surface area contributed by atoms with E-state index in [0.717, 1.165) is 5.56 Å². The van der Waals surface area contributed by atoms with Crippen molar-refractivity contribution >= 4 is 11.9 Å². The third-order valence-corrected chi connectivity index (χ3v) is 4.52. The van der Waals surface area contributed by atoms with E-state index < -0.39 is 0 Å². The van der Waals surface area contributed by atoms with E-state index in [4.69, 9.17) is 9.15 Å². The van der Waals surface area contributed by atoms with Gasteiger partial charge >= 0.3 is 5.97 Å². The van der Waals surface area contributed by atoms with Crippen LogP contribution in [0.4, 0.5) is 0 Å². The first-order chi connectivity index (χ1) is 12.1. The lowest BCUT2D eigenvalue weighted by Crippen LogP contribution is -2.30. The molecule has 3 rings (SSSR count). The molecular weight excluding hydrogens is 320 g/mol. The number of hydrogen-bond donors (Lipinski definition) is 0. The highest BCUT2D eigenvalue weighted by Gasteiger charge is 2.31. The van der Waals surface area contributed by atoms with Crippen LogP contribution in [0.15, 0.2) is 34.9 Å². The Hall–Kier alpha value is -2.63. The number of likely N-dealkylation sites (tertiary alicyclic amines) is 1. The lowest BCUT2D eigenvalue weighted by atomic mass is 10.1. The molecule has 1 saturated heterocycles. The molecule has 0 radical (unpaired) electrons. The fourth-order valence-electron chi connectivity index (χ4n) is 2.99. The summed E-state index contributed by atoms with van der Waals surface area (Å²) in [6.07, 6.45) is 3.12. The maximum atomic E-state index is 12.3. The Morgan fingerprint density at radius 1 is 1.32 bits per heavy atom. The van der Waals surface area contributed by atoms with Crippen molar-refractivity contribution in [2.45, 2.75) is 26.2 Å². The highest BCUT2D eigenvalue weighted by atomic mass is 16.5. The molecule has 1 amide bonds. The molecule has 0 saturated carbocycles. The highest BCUT2D eigenvalue weighted by molar-refractivity contribution is 5.79. The van der Waals surface area contributed by atoms with Gasteiger partial charge in [-0.1, -0.05) is 29.8 Å². The lowest BCUT2D eigenvalue weighted by molar-refractivity contribution is -0.145. The molecule has 1 fully saturated rings. The van der Waals surface area contributed by atoms with Crippen LogP contribution in [-0.2, 0) is 20.7 Å². The van der Waals surface area contributed by atoms with E-state index >= 15 is 0 Å². The third kappa shape index (κ3) is 4.07. The van der Waals surface area contributed by atoms with Crippen molar-refractivity contribution in [1.82, 2.24) is 9.88 Å². The van der Waals surface area contributed by atoms with Crippen LogP contribution in [0.25, 0.3) is 11.3 Å². The second-order valence-corrected chi connectivity index (χ2v) is 6.33. The van der Waals surface area contributed by atoms with Gasteiger partial charge in [0.2, 0.25) is 5.91 Å². The minimum Gasteiger partial charge on any atom is -0.469 e. The summed E-state index contributed by atoms with van der Waals surface area (Å²) in [5.74, 6) is 0.818. The van der Waals surface area contributed by atoms with E-state index in [1.54, 1.807) is 11.1 Å². The molecule has 132 valence electrons. The van der Waals surface area contributed by atoms with Crippen LogP contribution in [-0.4, -0.2) is 42.0 Å². The zero-order chi connectivity index (χ0) is 17.8. The van der Waals surface area contributed by atoms with E-state index in [0.29, 0.717) is 44.0 Å². The number of carbonyl (C=O) groups excluding carboxylic acids is 2. The van der Waals surface area contributed by atoms with Gasteiger partial charge < -0.3 is 14.1 Å². The smallest absolute Gasteiger partial charge is 0.310 e. The summed E-state index contributed by atoms with van der Waals surface area (Å²) >= 11 is 0. The van der Waals surface area contributed by atoms with Gasteiger partial charge in [0.15, 0.2) is 11.7 Å². The standard InChI is InChI=1S/C19H22N2O4/c1-13-3-5-14(6-4-13)16-11-20-17(25-16)7-8-18(22)21-10-9-15(12-21)19(23)24-2/h3-6,11,15H,7-10,12H2,1-2H3/t15-/m1/s1. The monoisotopic (exact) mass is 342 g/mol. The number of ether oxygens (including phenoxy) is 1. The molecule has 0 spiro atoms. The molecule has 6 heteroatoms. The summed E-state index contributed by atoms with van der Waals surface area (Å²) in [5.41, 5.74) is 2.15. The summed E-state index contributed by atoms with van der Waals surface area (Å²) in [7, 11) is 1.38. The number of aryl methyl sites for hydroxylation is 2. The Labute approximate surface area is 146 Å². The molecule has 0 unspecified atom stereocenters. The fraction of sp³-hybridized carbons (Fsp3) is 0.421. The van der Waals surface area contributed by atoms with Gasteiger partial charge in [-0.2, -0.15) is 0 Å². The zero-order valence-corrected chi connectivity index (χ0v) is 14.5. The second kappa shape index (κ2) is 7.51. The van der Waals surface area contributed by atoms with E-state index in [-0.39, 0.29) is 17.8 Å². The SMILES string of the molecule is COC(=O)[C@@H]1CCN(C(=O)CCc2ncc(-c3ccc(C)cc3)o2)C1. The van der Waals surface area contributed by atoms with Crippen molar-refractivity contribution < 1.29 is 18.7 Å². The largest absolute Gasteiger partial charge is 0.469 e. The second-order valence-electron chi connectivity index (χ2n) is 6.33. The van der Waals surface area contributed by atoms with Gasteiger partial charge in [0, 0.05) is 31.5 Å². The molecule has 1 aliphatic rings. The number of rotatable bonds is 5. The molecule has 1 aromatic carbocycles. The average molecular weight is 342 g/mol. The quantitative estimate of drug-likeness (QED) is 0.781. The van der Waals surface area contributed by atoms with Crippen LogP contribution >= 0.6 is 0 Å². The summed E-state index contributed by atoms with van der Waals surface area (Å²) in [6, 6.07) is 8.02. The molecule has 2 aromatic rings. The number of hydrogen-bond acceptors (Lipinski definition) is 5. The van der Waals surface area contributed by atoms with E-state index in [2.05, 4.69) is 4.98 Å². The number of oxazole rings is 1. The Kier molecular flexibility index (Phi) is 5.16. The Morgan fingerprint density at radius 2 is 2.08 bits per heavy atom.